The van der Waals surface area contributed by atoms with E-state index in [1.807, 2.05) is 0 Å². The lowest BCUT2D eigenvalue weighted by molar-refractivity contribution is 0.404. The molecule has 1 aromatic heterocycles. The molecular weight excluding hydrogens is 975 g/mol. The summed E-state index contributed by atoms with van der Waals surface area (Å²) in [6.07, 6.45) is 13.3. The molecule has 0 bridgehead atoms. The van der Waals surface area contributed by atoms with E-state index < -0.39 is 0 Å². The molecule has 9 aromatic rings. The van der Waals surface area contributed by atoms with Gasteiger partial charge in [-0.15, -0.1) is 0 Å². The van der Waals surface area contributed by atoms with Crippen LogP contribution in [0.15, 0.2) is 200 Å². The Hall–Kier alpha value is -6.18. The van der Waals surface area contributed by atoms with Crippen LogP contribution in [-0.2, 0) is 44.9 Å². The topological polar surface area (TPSA) is 15.8 Å². The third kappa shape index (κ3) is 27.0. The van der Waals surface area contributed by atoms with Crippen molar-refractivity contribution in [3.8, 4) is 0 Å². The van der Waals surface area contributed by atoms with Crippen molar-refractivity contribution in [2.45, 2.75) is 169 Å². The summed E-state index contributed by atoms with van der Waals surface area (Å²) in [6.45, 7) is 36.3. The van der Waals surface area contributed by atoms with E-state index >= 15 is 0 Å². The summed E-state index contributed by atoms with van der Waals surface area (Å²) in [5, 5.41) is 6.82. The molecule has 1 aliphatic carbocycles. The van der Waals surface area contributed by atoms with Crippen LogP contribution in [0, 0.1) is 53.3 Å². The molecule has 1 nitrogen and oxygen atoms in total. The highest BCUT2D eigenvalue weighted by Gasteiger charge is 2.23. The highest BCUT2D eigenvalue weighted by atomic mass is 14.7. The van der Waals surface area contributed by atoms with Crippen molar-refractivity contribution in [2.75, 3.05) is 0 Å². The normalized spacial score (nSPS) is 11.8. The number of aromatic nitrogens is 1. The number of fused-ring (bicyclic) bond motifs is 4. The molecule has 0 saturated carbocycles. The van der Waals surface area contributed by atoms with Crippen LogP contribution < -0.4 is 0 Å². The molecule has 0 radical (unpaired) electrons. The zero-order valence-electron chi connectivity index (χ0n) is 53.6. The van der Waals surface area contributed by atoms with Crippen LogP contribution in [0.4, 0.5) is 0 Å². The number of benzene rings is 8. The number of hydrogen-bond donors (Lipinski definition) is 1. The van der Waals surface area contributed by atoms with E-state index in [0.717, 1.165) is 59.7 Å². The molecule has 1 heteroatoms. The molecule has 10 rings (SSSR count). The monoisotopic (exact) mass is 1080 g/mol. The van der Waals surface area contributed by atoms with Gasteiger partial charge >= 0.3 is 0 Å². The number of aromatic amines is 1. The van der Waals surface area contributed by atoms with Gasteiger partial charge in [-0.1, -0.05) is 299 Å². The number of hydrogen-bond acceptors (Lipinski definition) is 0. The van der Waals surface area contributed by atoms with E-state index in [1.165, 1.54) is 112 Å². The molecule has 1 N–H and O–H groups in total. The number of rotatable bonds is 14. The summed E-state index contributed by atoms with van der Waals surface area (Å²) in [6, 6.07) is 69.1. The predicted molar refractivity (Wildman–Crippen MR) is 363 cm³/mol. The average molecular weight is 1080 g/mol. The summed E-state index contributed by atoms with van der Waals surface area (Å²) in [5.41, 5.74) is 11.7. The van der Waals surface area contributed by atoms with Gasteiger partial charge in [-0.3, -0.25) is 0 Å². The van der Waals surface area contributed by atoms with Crippen LogP contribution in [-0.4, -0.2) is 4.98 Å². The van der Waals surface area contributed by atoms with E-state index in [2.05, 4.69) is 316 Å². The zero-order chi connectivity index (χ0) is 59.1. The third-order valence-corrected chi connectivity index (χ3v) is 14.6. The highest BCUT2D eigenvalue weighted by Crippen LogP contribution is 2.31. The Morgan fingerprint density at radius 2 is 0.802 bits per heavy atom. The number of aryl methyl sites for hydroxylation is 1. The fourth-order valence-electron chi connectivity index (χ4n) is 10.7. The summed E-state index contributed by atoms with van der Waals surface area (Å²) >= 11 is 0. The van der Waals surface area contributed by atoms with Gasteiger partial charge in [-0.05, 0) is 178 Å². The van der Waals surface area contributed by atoms with Crippen molar-refractivity contribution >= 4 is 32.4 Å². The molecule has 0 aliphatic heterocycles. The van der Waals surface area contributed by atoms with Crippen molar-refractivity contribution < 1.29 is 0 Å². The van der Waals surface area contributed by atoms with E-state index in [0.29, 0.717) is 0 Å². The second-order valence-electron chi connectivity index (χ2n) is 26.2. The van der Waals surface area contributed by atoms with Crippen LogP contribution >= 0.6 is 0 Å². The lowest BCUT2D eigenvalue weighted by atomic mass is 9.93. The maximum atomic E-state index is 3.29. The standard InChI is InChI=1S/2C14H16.C12H15N.C12H16.C11H16.C10H14.C7H16/c1-11(2)10-13-8-5-7-12-6-3-4-9-14(12)13;1-11(2)9-12-7-8-13-5-3-4-6-14(13)10-12;1-9(2)7-10-8-13-12-6-4-3-5-11(10)12;1-9(2)12-7-10-5-3-4-6-11(10)8-12;1-10(2)8-9-11-6-4-3-5-7-11;1-9(2)8-10-6-4-3-5-7-10;1-6(2)5-7(3)4/h3-9,11H,10H2,1-2H3;3-8,10-11H,9H2,1-2H3;3-6,8-9,13H,7H2,1-2H3;3-6,9,12H,7-8H2,1-2H3;3-7,10H,8-9H2,1-2H3;3-7,9H,8H2,1-2H3;6-7H,5H2,1-4H3. The van der Waals surface area contributed by atoms with E-state index in [4.69, 9.17) is 0 Å². The van der Waals surface area contributed by atoms with Crippen LogP contribution in [0.1, 0.15) is 163 Å². The van der Waals surface area contributed by atoms with Crippen molar-refractivity contribution in [2.24, 2.45) is 53.3 Å². The van der Waals surface area contributed by atoms with Gasteiger partial charge in [0.25, 0.3) is 0 Å². The lowest BCUT2D eigenvalue weighted by Gasteiger charge is -2.12. The lowest BCUT2D eigenvalue weighted by Crippen LogP contribution is -2.07. The number of para-hydroxylation sites is 1. The van der Waals surface area contributed by atoms with Crippen molar-refractivity contribution in [1.29, 1.82) is 0 Å². The number of H-pyrrole nitrogens is 1. The second kappa shape index (κ2) is 37.0. The Kier molecular flexibility index (Phi) is 30.8. The second-order valence-corrected chi connectivity index (χ2v) is 26.2. The first-order valence-corrected chi connectivity index (χ1v) is 31.4. The first-order chi connectivity index (χ1) is 38.8. The fourth-order valence-corrected chi connectivity index (χ4v) is 10.7. The minimum Gasteiger partial charge on any atom is -0.361 e. The van der Waals surface area contributed by atoms with Crippen molar-refractivity contribution in [3.05, 3.63) is 239 Å². The molecule has 81 heavy (non-hydrogen) atoms. The Morgan fingerprint density at radius 3 is 1.33 bits per heavy atom. The molecule has 1 aliphatic rings. The van der Waals surface area contributed by atoms with Gasteiger partial charge in [-0.25, -0.2) is 0 Å². The van der Waals surface area contributed by atoms with Gasteiger partial charge in [0.2, 0.25) is 0 Å². The molecule has 0 fully saturated rings. The summed E-state index contributed by atoms with van der Waals surface area (Å²) in [7, 11) is 0. The molecule has 8 aromatic carbocycles. The van der Waals surface area contributed by atoms with Gasteiger partial charge in [0.1, 0.15) is 0 Å². The van der Waals surface area contributed by atoms with E-state index in [-0.39, 0.29) is 0 Å². The maximum Gasteiger partial charge on any atom is 0.0456 e. The largest absolute Gasteiger partial charge is 0.361 e. The molecule has 0 atom stereocenters. The summed E-state index contributed by atoms with van der Waals surface area (Å²) in [4.78, 5) is 3.29. The van der Waals surface area contributed by atoms with Crippen LogP contribution in [0.5, 0.6) is 0 Å². The fraction of sp³-hybridized carbons (Fsp3) is 0.425. The first kappa shape index (κ1) is 67.3. The SMILES string of the molecule is CC(C)C1Cc2ccccc2C1.CC(C)CC(C)C.CC(C)CCc1ccccc1.CC(C)Cc1c[nH]c2ccccc12.CC(C)Cc1ccc2ccccc2c1.CC(C)Cc1cccc2ccccc12.CC(C)Cc1ccccc1. The highest BCUT2D eigenvalue weighted by molar-refractivity contribution is 5.86. The average Bonchev–Trinajstić information content (AvgIpc) is 4.16. The van der Waals surface area contributed by atoms with Crippen LogP contribution in [0.2, 0.25) is 0 Å². The molecule has 0 unspecified atom stereocenters. The minimum atomic E-state index is 0.721. The Bertz CT molecular complexity index is 2990. The quantitative estimate of drug-likeness (QED) is 0.112. The summed E-state index contributed by atoms with van der Waals surface area (Å²) < 4.78 is 0. The molecule has 0 spiro atoms. The molecule has 0 saturated heterocycles. The van der Waals surface area contributed by atoms with Crippen LogP contribution in [0.3, 0.4) is 0 Å². The third-order valence-electron chi connectivity index (χ3n) is 14.6. The molecule has 0 amide bonds. The first-order valence-electron chi connectivity index (χ1n) is 31.4. The van der Waals surface area contributed by atoms with Crippen molar-refractivity contribution in [3.63, 3.8) is 0 Å². The van der Waals surface area contributed by atoms with Crippen molar-refractivity contribution in [1.82, 2.24) is 4.98 Å². The smallest absolute Gasteiger partial charge is 0.0456 e. The van der Waals surface area contributed by atoms with Gasteiger partial charge in [0, 0.05) is 17.1 Å². The molecule has 434 valence electrons. The zero-order valence-corrected chi connectivity index (χ0v) is 53.6. The van der Waals surface area contributed by atoms with Gasteiger partial charge in [0.15, 0.2) is 0 Å². The Balaban J connectivity index is 0.000000205. The van der Waals surface area contributed by atoms with Gasteiger partial charge < -0.3 is 4.98 Å². The molecule has 1 heterocycles. The van der Waals surface area contributed by atoms with E-state index in [9.17, 15) is 0 Å². The minimum absolute atomic E-state index is 0.721. The summed E-state index contributed by atoms with van der Waals surface area (Å²) in [5.74, 6) is 7.23. The Morgan fingerprint density at radius 1 is 0.346 bits per heavy atom. The maximum absolute atomic E-state index is 3.29. The van der Waals surface area contributed by atoms with Gasteiger partial charge in [-0.2, -0.15) is 0 Å². The van der Waals surface area contributed by atoms with Crippen LogP contribution in [0.25, 0.3) is 32.4 Å². The predicted octanol–water partition coefficient (Wildman–Crippen LogP) is 23.3. The van der Waals surface area contributed by atoms with E-state index in [1.54, 1.807) is 11.1 Å². The Labute approximate surface area is 495 Å². The van der Waals surface area contributed by atoms with Gasteiger partial charge in [0.05, 0.1) is 0 Å². The molecular formula is C80H109N. The number of nitrogens with one attached hydrogen (secondary N) is 1.